The lowest BCUT2D eigenvalue weighted by atomic mass is 9.93. The maximum atomic E-state index is 12.3. The quantitative estimate of drug-likeness (QED) is 0.789. The van der Waals surface area contributed by atoms with Crippen LogP contribution in [0.15, 0.2) is 30.3 Å². The number of ether oxygens (including phenoxy) is 1. The Kier molecular flexibility index (Phi) is 4.29. The molecule has 17 heavy (non-hydrogen) atoms. The monoisotopic (exact) mass is 233 g/mol. The number of Topliss-reactive ketones (excluding diaryl/α,β-unsaturated/α-hetero) is 1. The highest BCUT2D eigenvalue weighted by Crippen LogP contribution is 2.19. The molecule has 0 aromatic heterocycles. The average molecular weight is 233 g/mol. The van der Waals surface area contributed by atoms with E-state index in [9.17, 15) is 4.79 Å². The van der Waals surface area contributed by atoms with Crippen LogP contribution in [0.1, 0.15) is 23.7 Å². The molecule has 1 fully saturated rings. The summed E-state index contributed by atoms with van der Waals surface area (Å²) in [6.07, 6.45) is 1.07. The van der Waals surface area contributed by atoms with Gasteiger partial charge in [-0.1, -0.05) is 37.3 Å². The first kappa shape index (κ1) is 12.3. The van der Waals surface area contributed by atoms with Crippen LogP contribution in [0.3, 0.4) is 0 Å². The molecule has 1 heterocycles. The summed E-state index contributed by atoms with van der Waals surface area (Å²) >= 11 is 0. The standard InChI is InChI=1S/C14H19NO2/c1-2-8-15-13-10-17-9-12(13)14(16)11-6-4-3-5-7-11/h3-7,12-13,15H,2,8-10H2,1H3. The van der Waals surface area contributed by atoms with E-state index in [1.807, 2.05) is 30.3 Å². The summed E-state index contributed by atoms with van der Waals surface area (Å²) in [6.45, 7) is 4.24. The Bertz CT molecular complexity index is 364. The molecule has 2 rings (SSSR count). The molecule has 1 aromatic rings. The summed E-state index contributed by atoms with van der Waals surface area (Å²) in [4.78, 5) is 12.3. The third kappa shape index (κ3) is 2.93. The van der Waals surface area contributed by atoms with E-state index in [1.165, 1.54) is 0 Å². The van der Waals surface area contributed by atoms with Crippen LogP contribution in [-0.2, 0) is 4.74 Å². The van der Waals surface area contributed by atoms with Gasteiger partial charge >= 0.3 is 0 Å². The normalized spacial score (nSPS) is 23.8. The van der Waals surface area contributed by atoms with Crippen molar-refractivity contribution in [2.75, 3.05) is 19.8 Å². The molecule has 92 valence electrons. The number of rotatable bonds is 5. The molecule has 2 atom stereocenters. The molecule has 3 nitrogen and oxygen atoms in total. The Morgan fingerprint density at radius 3 is 2.82 bits per heavy atom. The summed E-state index contributed by atoms with van der Waals surface area (Å²) < 4.78 is 5.43. The number of hydrogen-bond acceptors (Lipinski definition) is 3. The van der Waals surface area contributed by atoms with Crippen LogP contribution < -0.4 is 5.32 Å². The van der Waals surface area contributed by atoms with Crippen molar-refractivity contribution >= 4 is 5.78 Å². The van der Waals surface area contributed by atoms with Crippen molar-refractivity contribution in [3.8, 4) is 0 Å². The van der Waals surface area contributed by atoms with Crippen molar-refractivity contribution in [1.29, 1.82) is 0 Å². The van der Waals surface area contributed by atoms with E-state index in [1.54, 1.807) is 0 Å². The minimum Gasteiger partial charge on any atom is -0.379 e. The van der Waals surface area contributed by atoms with Gasteiger partial charge in [0.15, 0.2) is 5.78 Å². The maximum absolute atomic E-state index is 12.3. The smallest absolute Gasteiger partial charge is 0.169 e. The summed E-state index contributed by atoms with van der Waals surface area (Å²) in [5.74, 6) is 0.153. The van der Waals surface area contributed by atoms with Crippen molar-refractivity contribution < 1.29 is 9.53 Å². The number of ketones is 1. The fourth-order valence-corrected chi connectivity index (χ4v) is 2.16. The van der Waals surface area contributed by atoms with Gasteiger partial charge in [-0.25, -0.2) is 0 Å². The van der Waals surface area contributed by atoms with Crippen LogP contribution in [-0.4, -0.2) is 31.6 Å². The van der Waals surface area contributed by atoms with E-state index in [2.05, 4.69) is 12.2 Å². The summed E-state index contributed by atoms with van der Waals surface area (Å²) in [5, 5.41) is 3.39. The lowest BCUT2D eigenvalue weighted by Crippen LogP contribution is -2.39. The molecular formula is C14H19NO2. The van der Waals surface area contributed by atoms with Crippen LogP contribution in [0.2, 0.25) is 0 Å². The van der Waals surface area contributed by atoms with E-state index in [0.29, 0.717) is 13.2 Å². The first-order valence-corrected chi connectivity index (χ1v) is 6.23. The Morgan fingerprint density at radius 1 is 1.35 bits per heavy atom. The molecule has 0 aliphatic carbocycles. The predicted molar refractivity (Wildman–Crippen MR) is 67.2 cm³/mol. The SMILES string of the molecule is CCCNC1COCC1C(=O)c1ccccc1. The van der Waals surface area contributed by atoms with Crippen molar-refractivity contribution in [1.82, 2.24) is 5.32 Å². The van der Waals surface area contributed by atoms with Crippen molar-refractivity contribution in [3.05, 3.63) is 35.9 Å². The Hall–Kier alpha value is -1.19. The second-order valence-corrected chi connectivity index (χ2v) is 4.43. The number of carbonyl (C=O) groups is 1. The van der Waals surface area contributed by atoms with Gasteiger partial charge in [0.1, 0.15) is 0 Å². The minimum absolute atomic E-state index is 0.0380. The molecular weight excluding hydrogens is 214 g/mol. The first-order valence-electron chi connectivity index (χ1n) is 6.23. The molecule has 1 aliphatic rings. The molecule has 0 radical (unpaired) electrons. The lowest BCUT2D eigenvalue weighted by Gasteiger charge is -2.17. The molecule has 0 bridgehead atoms. The van der Waals surface area contributed by atoms with E-state index in [0.717, 1.165) is 18.5 Å². The molecule has 1 aromatic carbocycles. The van der Waals surface area contributed by atoms with Crippen molar-refractivity contribution in [2.24, 2.45) is 5.92 Å². The zero-order valence-electron chi connectivity index (χ0n) is 10.2. The highest BCUT2D eigenvalue weighted by atomic mass is 16.5. The summed E-state index contributed by atoms with van der Waals surface area (Å²) in [6, 6.07) is 9.64. The second kappa shape index (κ2) is 5.94. The van der Waals surface area contributed by atoms with Crippen molar-refractivity contribution in [3.63, 3.8) is 0 Å². The Balaban J connectivity index is 2.03. The van der Waals surface area contributed by atoms with Crippen LogP contribution in [0.5, 0.6) is 0 Å². The highest BCUT2D eigenvalue weighted by Gasteiger charge is 2.33. The van der Waals surface area contributed by atoms with Crippen LogP contribution >= 0.6 is 0 Å². The van der Waals surface area contributed by atoms with Crippen LogP contribution in [0, 0.1) is 5.92 Å². The minimum atomic E-state index is -0.0380. The lowest BCUT2D eigenvalue weighted by molar-refractivity contribution is 0.0891. The van der Waals surface area contributed by atoms with Gasteiger partial charge in [0, 0.05) is 11.6 Å². The number of nitrogens with one attached hydrogen (secondary N) is 1. The molecule has 1 saturated heterocycles. The van der Waals surface area contributed by atoms with Crippen LogP contribution in [0.25, 0.3) is 0 Å². The van der Waals surface area contributed by atoms with Gasteiger partial charge in [0.25, 0.3) is 0 Å². The van der Waals surface area contributed by atoms with E-state index >= 15 is 0 Å². The van der Waals surface area contributed by atoms with Gasteiger partial charge in [0.05, 0.1) is 19.1 Å². The highest BCUT2D eigenvalue weighted by molar-refractivity contribution is 5.98. The molecule has 2 unspecified atom stereocenters. The summed E-state index contributed by atoms with van der Waals surface area (Å²) in [7, 11) is 0. The third-order valence-corrected chi connectivity index (χ3v) is 3.13. The largest absolute Gasteiger partial charge is 0.379 e. The van der Waals surface area contributed by atoms with Crippen molar-refractivity contribution in [2.45, 2.75) is 19.4 Å². The predicted octanol–water partition coefficient (Wildman–Crippen LogP) is 1.88. The Morgan fingerprint density at radius 2 is 2.12 bits per heavy atom. The zero-order chi connectivity index (χ0) is 12.1. The van der Waals surface area contributed by atoms with E-state index < -0.39 is 0 Å². The molecule has 0 spiro atoms. The van der Waals surface area contributed by atoms with Gasteiger partial charge in [-0.15, -0.1) is 0 Å². The topological polar surface area (TPSA) is 38.3 Å². The van der Waals surface area contributed by atoms with Gasteiger partial charge < -0.3 is 10.1 Å². The zero-order valence-corrected chi connectivity index (χ0v) is 10.2. The van der Waals surface area contributed by atoms with E-state index in [4.69, 9.17) is 4.74 Å². The number of carbonyl (C=O) groups excluding carboxylic acids is 1. The van der Waals surface area contributed by atoms with E-state index in [-0.39, 0.29) is 17.7 Å². The first-order chi connectivity index (χ1) is 8.33. The molecule has 3 heteroatoms. The van der Waals surface area contributed by atoms with Gasteiger partial charge in [-0.05, 0) is 13.0 Å². The maximum Gasteiger partial charge on any atom is 0.169 e. The van der Waals surface area contributed by atoms with Gasteiger partial charge in [0.2, 0.25) is 0 Å². The summed E-state index contributed by atoms with van der Waals surface area (Å²) in [5.41, 5.74) is 0.784. The van der Waals surface area contributed by atoms with Gasteiger partial charge in [-0.2, -0.15) is 0 Å². The number of hydrogen-bond donors (Lipinski definition) is 1. The molecule has 1 aliphatic heterocycles. The van der Waals surface area contributed by atoms with Gasteiger partial charge in [-0.3, -0.25) is 4.79 Å². The van der Waals surface area contributed by atoms with Crippen LogP contribution in [0.4, 0.5) is 0 Å². The molecule has 1 N–H and O–H groups in total. The second-order valence-electron chi connectivity index (χ2n) is 4.43. The fraction of sp³-hybridized carbons (Fsp3) is 0.500. The molecule has 0 saturated carbocycles. The molecule has 0 amide bonds. The average Bonchev–Trinajstić information content (AvgIpc) is 2.84. The third-order valence-electron chi connectivity index (χ3n) is 3.13. The Labute approximate surface area is 102 Å². The number of benzene rings is 1. The fourth-order valence-electron chi connectivity index (χ4n) is 2.16.